The molecule has 102 valence electrons. The normalized spacial score (nSPS) is 13.2. The molecule has 0 bridgehead atoms. The molecule has 6 nitrogen and oxygen atoms in total. The Bertz CT molecular complexity index is 677. The predicted octanol–water partition coefficient (Wildman–Crippen LogP) is 1.24. The highest BCUT2D eigenvalue weighted by Crippen LogP contribution is 2.18. The van der Waals surface area contributed by atoms with Crippen LogP contribution in [0.4, 0.5) is 5.82 Å². The lowest BCUT2D eigenvalue weighted by Gasteiger charge is -2.10. The van der Waals surface area contributed by atoms with Crippen molar-refractivity contribution in [2.24, 2.45) is 12.8 Å². The van der Waals surface area contributed by atoms with Crippen molar-refractivity contribution in [2.45, 2.75) is 17.9 Å². The van der Waals surface area contributed by atoms with Gasteiger partial charge in [-0.1, -0.05) is 12.1 Å². The van der Waals surface area contributed by atoms with Crippen LogP contribution in [0.2, 0.25) is 0 Å². The van der Waals surface area contributed by atoms with Crippen molar-refractivity contribution in [2.75, 3.05) is 4.72 Å². The summed E-state index contributed by atoms with van der Waals surface area (Å²) in [5, 5.41) is 3.91. The lowest BCUT2D eigenvalue weighted by atomic mass is 10.1. The third kappa shape index (κ3) is 2.94. The number of benzene rings is 1. The summed E-state index contributed by atoms with van der Waals surface area (Å²) in [6.07, 6.45) is 1.52. The third-order valence-corrected chi connectivity index (χ3v) is 4.11. The molecule has 2 rings (SSSR count). The molecule has 1 atom stereocenters. The number of anilines is 1. The van der Waals surface area contributed by atoms with Crippen LogP contribution in [0.15, 0.2) is 41.4 Å². The summed E-state index contributed by atoms with van der Waals surface area (Å²) in [7, 11) is -1.97. The molecule has 0 aliphatic carbocycles. The molecule has 1 aromatic carbocycles. The topological polar surface area (TPSA) is 90.0 Å². The molecule has 1 heterocycles. The quantitative estimate of drug-likeness (QED) is 0.881. The maximum absolute atomic E-state index is 12.2. The largest absolute Gasteiger partial charge is 0.324 e. The van der Waals surface area contributed by atoms with Crippen LogP contribution in [0.25, 0.3) is 0 Å². The van der Waals surface area contributed by atoms with Crippen LogP contribution >= 0.6 is 0 Å². The van der Waals surface area contributed by atoms with Crippen molar-refractivity contribution in [3.05, 3.63) is 42.1 Å². The van der Waals surface area contributed by atoms with Crippen molar-refractivity contribution in [1.82, 2.24) is 9.78 Å². The van der Waals surface area contributed by atoms with E-state index in [-0.39, 0.29) is 10.9 Å². The number of nitrogens with zero attached hydrogens (tertiary/aromatic N) is 2. The van der Waals surface area contributed by atoms with Gasteiger partial charge in [0.25, 0.3) is 10.0 Å². The molecule has 0 saturated carbocycles. The molecular formula is C12H16N4O2S. The van der Waals surface area contributed by atoms with E-state index in [0.29, 0.717) is 5.82 Å². The van der Waals surface area contributed by atoms with Crippen LogP contribution in [0.1, 0.15) is 18.5 Å². The van der Waals surface area contributed by atoms with Gasteiger partial charge >= 0.3 is 0 Å². The van der Waals surface area contributed by atoms with E-state index in [0.717, 1.165) is 5.56 Å². The monoisotopic (exact) mass is 280 g/mol. The minimum atomic E-state index is -3.63. The Balaban J connectivity index is 2.35. The average molecular weight is 280 g/mol. The number of rotatable bonds is 4. The van der Waals surface area contributed by atoms with Crippen molar-refractivity contribution in [1.29, 1.82) is 0 Å². The number of sulfonamides is 1. The van der Waals surface area contributed by atoms with Crippen LogP contribution in [0.3, 0.4) is 0 Å². The lowest BCUT2D eigenvalue weighted by molar-refractivity contribution is 0.600. The molecular weight excluding hydrogens is 264 g/mol. The van der Waals surface area contributed by atoms with Gasteiger partial charge < -0.3 is 5.73 Å². The first-order valence-corrected chi connectivity index (χ1v) is 7.25. The summed E-state index contributed by atoms with van der Waals surface area (Å²) in [5.41, 5.74) is 6.53. The highest BCUT2D eigenvalue weighted by molar-refractivity contribution is 7.92. The molecule has 0 aliphatic heterocycles. The zero-order valence-electron chi connectivity index (χ0n) is 10.7. The van der Waals surface area contributed by atoms with Gasteiger partial charge in [-0.05, 0) is 24.6 Å². The number of hydrogen-bond donors (Lipinski definition) is 2. The molecule has 0 radical (unpaired) electrons. The Kier molecular flexibility index (Phi) is 3.59. The van der Waals surface area contributed by atoms with Gasteiger partial charge in [0.1, 0.15) is 5.82 Å². The average Bonchev–Trinajstić information content (AvgIpc) is 2.74. The van der Waals surface area contributed by atoms with E-state index < -0.39 is 10.0 Å². The number of aromatic nitrogens is 2. The maximum atomic E-state index is 12.2. The van der Waals surface area contributed by atoms with Gasteiger partial charge in [0, 0.05) is 19.2 Å². The summed E-state index contributed by atoms with van der Waals surface area (Å²) in [5.74, 6) is 0.409. The van der Waals surface area contributed by atoms with Gasteiger partial charge in [-0.2, -0.15) is 5.10 Å². The Morgan fingerprint density at radius 1 is 1.37 bits per heavy atom. The molecule has 19 heavy (non-hydrogen) atoms. The van der Waals surface area contributed by atoms with Crippen LogP contribution < -0.4 is 10.5 Å². The fourth-order valence-corrected chi connectivity index (χ4v) is 2.78. The Morgan fingerprint density at radius 3 is 2.68 bits per heavy atom. The summed E-state index contributed by atoms with van der Waals surface area (Å²) in [4.78, 5) is 0.184. The first kappa shape index (κ1) is 13.6. The number of nitrogens with two attached hydrogens (primary N) is 1. The van der Waals surface area contributed by atoms with Gasteiger partial charge in [0.05, 0.1) is 11.1 Å². The summed E-state index contributed by atoms with van der Waals surface area (Å²) < 4.78 is 28.4. The summed E-state index contributed by atoms with van der Waals surface area (Å²) in [6, 6.07) is 7.96. The first-order chi connectivity index (χ1) is 8.90. The minimum absolute atomic E-state index is 0.184. The number of hydrogen-bond acceptors (Lipinski definition) is 4. The van der Waals surface area contributed by atoms with Gasteiger partial charge in [-0.25, -0.2) is 8.42 Å². The van der Waals surface area contributed by atoms with E-state index in [2.05, 4.69) is 9.82 Å². The zero-order valence-corrected chi connectivity index (χ0v) is 11.6. The molecule has 0 saturated heterocycles. The van der Waals surface area contributed by atoms with E-state index in [9.17, 15) is 8.42 Å². The molecule has 1 unspecified atom stereocenters. The standard InChI is InChI=1S/C12H16N4O2S/c1-9(13)10-4-3-5-11(8-10)19(17,18)15-12-6-7-14-16(12)2/h3-9,15H,13H2,1-2H3. The molecule has 0 amide bonds. The zero-order chi connectivity index (χ0) is 14.0. The van der Waals surface area contributed by atoms with Crippen molar-refractivity contribution < 1.29 is 8.42 Å². The molecule has 7 heteroatoms. The lowest BCUT2D eigenvalue weighted by Crippen LogP contribution is -2.16. The Morgan fingerprint density at radius 2 is 2.11 bits per heavy atom. The van der Waals surface area contributed by atoms with Crippen LogP contribution in [-0.4, -0.2) is 18.2 Å². The van der Waals surface area contributed by atoms with Gasteiger partial charge in [0.2, 0.25) is 0 Å². The number of nitrogens with one attached hydrogen (secondary N) is 1. The maximum Gasteiger partial charge on any atom is 0.263 e. The van der Waals surface area contributed by atoms with Crippen molar-refractivity contribution in [3.63, 3.8) is 0 Å². The highest BCUT2D eigenvalue weighted by atomic mass is 32.2. The van der Waals surface area contributed by atoms with Gasteiger partial charge in [-0.15, -0.1) is 0 Å². The minimum Gasteiger partial charge on any atom is -0.324 e. The van der Waals surface area contributed by atoms with Crippen LogP contribution in [0, 0.1) is 0 Å². The number of aryl methyl sites for hydroxylation is 1. The van der Waals surface area contributed by atoms with Crippen molar-refractivity contribution >= 4 is 15.8 Å². The van der Waals surface area contributed by atoms with E-state index in [4.69, 9.17) is 5.73 Å². The first-order valence-electron chi connectivity index (χ1n) is 5.76. The smallest absolute Gasteiger partial charge is 0.263 e. The second-order valence-electron chi connectivity index (χ2n) is 4.31. The van der Waals surface area contributed by atoms with E-state index in [1.807, 2.05) is 0 Å². The third-order valence-electron chi connectivity index (χ3n) is 2.75. The van der Waals surface area contributed by atoms with E-state index >= 15 is 0 Å². The van der Waals surface area contributed by atoms with Gasteiger partial charge in [0.15, 0.2) is 0 Å². The SMILES string of the molecule is CC(N)c1cccc(S(=O)(=O)Nc2ccnn2C)c1. The van der Waals surface area contributed by atoms with Crippen molar-refractivity contribution in [3.8, 4) is 0 Å². The Labute approximate surface area is 112 Å². The molecule has 3 N–H and O–H groups in total. The molecule has 1 aromatic heterocycles. The summed E-state index contributed by atoms with van der Waals surface area (Å²) in [6.45, 7) is 1.81. The van der Waals surface area contributed by atoms with E-state index in [1.54, 1.807) is 38.2 Å². The molecule has 0 spiro atoms. The molecule has 0 fully saturated rings. The highest BCUT2D eigenvalue weighted by Gasteiger charge is 2.16. The van der Waals surface area contributed by atoms with Gasteiger partial charge in [-0.3, -0.25) is 9.40 Å². The summed E-state index contributed by atoms with van der Waals surface area (Å²) >= 11 is 0. The predicted molar refractivity (Wildman–Crippen MR) is 73.1 cm³/mol. The fourth-order valence-electron chi connectivity index (χ4n) is 1.64. The second kappa shape index (κ2) is 5.02. The second-order valence-corrected chi connectivity index (χ2v) is 5.99. The Hall–Kier alpha value is -1.86. The fraction of sp³-hybridized carbons (Fsp3) is 0.250. The van der Waals surface area contributed by atoms with E-state index in [1.165, 1.54) is 16.9 Å². The van der Waals surface area contributed by atoms with Crippen LogP contribution in [-0.2, 0) is 17.1 Å². The molecule has 0 aliphatic rings. The molecule has 2 aromatic rings. The van der Waals surface area contributed by atoms with Crippen LogP contribution in [0.5, 0.6) is 0 Å².